The van der Waals surface area contributed by atoms with E-state index in [0.717, 1.165) is 16.7 Å². The van der Waals surface area contributed by atoms with Crippen LogP contribution in [0.1, 0.15) is 11.1 Å². The van der Waals surface area contributed by atoms with Gasteiger partial charge in [0.1, 0.15) is 0 Å². The highest BCUT2D eigenvalue weighted by Gasteiger charge is 2.35. The van der Waals surface area contributed by atoms with Crippen LogP contribution in [0.5, 0.6) is 11.5 Å². The zero-order valence-electron chi connectivity index (χ0n) is 15.6. The summed E-state index contributed by atoms with van der Waals surface area (Å²) in [5, 5.41) is 9.15. The molecule has 1 N–H and O–H groups in total. The van der Waals surface area contributed by atoms with E-state index in [-0.39, 0.29) is 17.2 Å². The molecule has 2 aromatic rings. The quantitative estimate of drug-likeness (QED) is 0.589. The zero-order chi connectivity index (χ0) is 21.8. The van der Waals surface area contributed by atoms with Crippen LogP contribution >= 0.6 is 35.0 Å². The number of aliphatic carboxylic acids is 1. The number of methoxy groups -OCH3 is 1. The van der Waals surface area contributed by atoms with Gasteiger partial charge in [-0.2, -0.15) is 0 Å². The third-order valence-electron chi connectivity index (χ3n) is 4.05. The van der Waals surface area contributed by atoms with Crippen molar-refractivity contribution in [3.8, 4) is 11.5 Å². The molecule has 1 aliphatic heterocycles. The number of hydrogen-bond donors (Lipinski definition) is 1. The molecule has 2 amide bonds. The number of hydrogen-bond acceptors (Lipinski definition) is 6. The van der Waals surface area contributed by atoms with Crippen LogP contribution in [0.4, 0.5) is 4.79 Å². The average Bonchev–Trinajstić information content (AvgIpc) is 2.96. The maximum absolute atomic E-state index is 12.7. The molecule has 30 heavy (non-hydrogen) atoms. The van der Waals surface area contributed by atoms with Crippen LogP contribution in [0.2, 0.25) is 10.0 Å². The van der Waals surface area contributed by atoms with Gasteiger partial charge in [0, 0.05) is 10.0 Å². The van der Waals surface area contributed by atoms with Crippen LogP contribution in [0, 0.1) is 0 Å². The summed E-state index contributed by atoms with van der Waals surface area (Å²) in [6, 6.07) is 9.60. The van der Waals surface area contributed by atoms with Crippen molar-refractivity contribution in [3.05, 3.63) is 62.5 Å². The van der Waals surface area contributed by atoms with Crippen LogP contribution in [0.3, 0.4) is 0 Å². The maximum Gasteiger partial charge on any atom is 0.341 e. The van der Waals surface area contributed by atoms with Crippen LogP contribution in [-0.4, -0.2) is 40.8 Å². The molecule has 0 atom stereocenters. The monoisotopic (exact) mass is 467 g/mol. The van der Waals surface area contributed by atoms with Gasteiger partial charge in [-0.3, -0.25) is 14.5 Å². The lowest BCUT2D eigenvalue weighted by molar-refractivity contribution is -0.139. The summed E-state index contributed by atoms with van der Waals surface area (Å²) in [7, 11) is 1.41. The van der Waals surface area contributed by atoms with E-state index in [9.17, 15) is 14.4 Å². The lowest BCUT2D eigenvalue weighted by Crippen LogP contribution is -2.27. The lowest BCUT2D eigenvalue weighted by Gasteiger charge is -2.13. The predicted molar refractivity (Wildman–Crippen MR) is 114 cm³/mol. The Morgan fingerprint density at radius 1 is 1.17 bits per heavy atom. The molecule has 10 heteroatoms. The number of carbonyl (C=O) groups is 3. The molecule has 2 aromatic carbocycles. The first kappa shape index (κ1) is 22.0. The highest BCUT2D eigenvalue weighted by molar-refractivity contribution is 8.18. The Morgan fingerprint density at radius 3 is 2.60 bits per heavy atom. The van der Waals surface area contributed by atoms with E-state index < -0.39 is 23.7 Å². The van der Waals surface area contributed by atoms with Crippen molar-refractivity contribution in [1.82, 2.24) is 4.90 Å². The zero-order valence-corrected chi connectivity index (χ0v) is 17.9. The number of imide groups is 1. The van der Waals surface area contributed by atoms with E-state index in [2.05, 4.69) is 0 Å². The van der Waals surface area contributed by atoms with Crippen LogP contribution < -0.4 is 9.47 Å². The van der Waals surface area contributed by atoms with Gasteiger partial charge in [-0.15, -0.1) is 0 Å². The second-order valence-electron chi connectivity index (χ2n) is 6.10. The topological polar surface area (TPSA) is 93.1 Å². The molecule has 0 spiro atoms. The minimum absolute atomic E-state index is 0.0310. The minimum Gasteiger partial charge on any atom is -0.493 e. The second kappa shape index (κ2) is 9.42. The molecule has 1 saturated heterocycles. The molecule has 0 saturated carbocycles. The Bertz CT molecular complexity index is 1060. The lowest BCUT2D eigenvalue weighted by atomic mass is 10.1. The van der Waals surface area contributed by atoms with E-state index in [0.29, 0.717) is 26.9 Å². The van der Waals surface area contributed by atoms with Gasteiger partial charge in [0.25, 0.3) is 11.1 Å². The van der Waals surface area contributed by atoms with Gasteiger partial charge in [0.05, 0.1) is 18.6 Å². The van der Waals surface area contributed by atoms with Crippen molar-refractivity contribution in [3.63, 3.8) is 0 Å². The van der Waals surface area contributed by atoms with E-state index in [4.69, 9.17) is 37.8 Å². The highest BCUT2D eigenvalue weighted by Crippen LogP contribution is 2.36. The van der Waals surface area contributed by atoms with Gasteiger partial charge < -0.3 is 14.6 Å². The number of ether oxygens (including phenoxy) is 2. The highest BCUT2D eigenvalue weighted by atomic mass is 35.5. The summed E-state index contributed by atoms with van der Waals surface area (Å²) >= 11 is 12.8. The SMILES string of the molecule is COc1cc(/C=C2\SC(=O)N(Cc3ccc(Cl)cc3Cl)C2=O)ccc1OCC(=O)O. The molecule has 0 radical (unpaired) electrons. The summed E-state index contributed by atoms with van der Waals surface area (Å²) in [6.45, 7) is -0.481. The number of rotatable bonds is 7. The Balaban J connectivity index is 1.80. The van der Waals surface area contributed by atoms with E-state index in [1.165, 1.54) is 13.2 Å². The Morgan fingerprint density at radius 2 is 1.93 bits per heavy atom. The smallest absolute Gasteiger partial charge is 0.341 e. The van der Waals surface area contributed by atoms with Crippen molar-refractivity contribution in [2.45, 2.75) is 6.54 Å². The van der Waals surface area contributed by atoms with Crippen molar-refractivity contribution in [1.29, 1.82) is 0 Å². The first-order valence-electron chi connectivity index (χ1n) is 8.50. The normalized spacial score (nSPS) is 15.0. The van der Waals surface area contributed by atoms with Gasteiger partial charge in [0.2, 0.25) is 0 Å². The summed E-state index contributed by atoms with van der Waals surface area (Å²) in [5.41, 5.74) is 1.19. The molecule has 0 aliphatic carbocycles. The fourth-order valence-corrected chi connectivity index (χ4v) is 3.95. The van der Waals surface area contributed by atoms with E-state index in [1.807, 2.05) is 0 Å². The second-order valence-corrected chi connectivity index (χ2v) is 7.93. The predicted octanol–water partition coefficient (Wildman–Crippen LogP) is 4.70. The maximum atomic E-state index is 12.7. The molecule has 0 aromatic heterocycles. The summed E-state index contributed by atoms with van der Waals surface area (Å²) in [4.78, 5) is 37.1. The number of carboxylic acid groups (broad SMARTS) is 1. The van der Waals surface area contributed by atoms with Gasteiger partial charge in [0.15, 0.2) is 18.1 Å². The van der Waals surface area contributed by atoms with Gasteiger partial charge in [-0.1, -0.05) is 35.3 Å². The number of carbonyl (C=O) groups excluding carboxylic acids is 2. The third-order valence-corrected chi connectivity index (χ3v) is 5.55. The molecular formula is C20H15Cl2NO6S. The molecule has 0 unspecified atom stereocenters. The fourth-order valence-electron chi connectivity index (χ4n) is 2.64. The Labute approximate surface area is 186 Å². The molecule has 1 fully saturated rings. The summed E-state index contributed by atoms with van der Waals surface area (Å²) < 4.78 is 10.4. The molecule has 3 rings (SSSR count). The third kappa shape index (κ3) is 5.08. The summed E-state index contributed by atoms with van der Waals surface area (Å²) in [5.74, 6) is -1.00. The first-order chi connectivity index (χ1) is 14.3. The van der Waals surface area contributed by atoms with E-state index >= 15 is 0 Å². The van der Waals surface area contributed by atoms with Crippen molar-refractivity contribution < 1.29 is 29.0 Å². The fraction of sp³-hybridized carbons (Fsp3) is 0.150. The first-order valence-corrected chi connectivity index (χ1v) is 10.1. The molecule has 1 aliphatic rings. The Kier molecular flexibility index (Phi) is 6.91. The molecule has 156 valence electrons. The number of benzene rings is 2. The van der Waals surface area contributed by atoms with Gasteiger partial charge >= 0.3 is 5.97 Å². The number of nitrogens with zero attached hydrogens (tertiary/aromatic N) is 1. The number of amides is 2. The number of thioether (sulfide) groups is 1. The summed E-state index contributed by atoms with van der Waals surface area (Å²) in [6.07, 6.45) is 1.55. The number of halogens is 2. The standard InChI is InChI=1S/C20H15Cl2NO6S/c1-28-16-6-11(2-5-15(16)29-10-18(24)25)7-17-19(26)23(20(27)30-17)9-12-3-4-13(21)8-14(12)22/h2-8H,9-10H2,1H3,(H,24,25)/b17-7-. The van der Waals surface area contributed by atoms with Crippen LogP contribution in [0.25, 0.3) is 6.08 Å². The van der Waals surface area contributed by atoms with Crippen LogP contribution in [0.15, 0.2) is 41.3 Å². The van der Waals surface area contributed by atoms with E-state index in [1.54, 1.807) is 36.4 Å². The van der Waals surface area contributed by atoms with Gasteiger partial charge in [-0.25, -0.2) is 4.79 Å². The molecule has 1 heterocycles. The van der Waals surface area contributed by atoms with Crippen molar-refractivity contribution in [2.24, 2.45) is 0 Å². The largest absolute Gasteiger partial charge is 0.493 e. The molecule has 0 bridgehead atoms. The molecular weight excluding hydrogens is 453 g/mol. The van der Waals surface area contributed by atoms with Crippen LogP contribution in [-0.2, 0) is 16.1 Å². The Hall–Kier alpha value is -2.68. The van der Waals surface area contributed by atoms with Crippen molar-refractivity contribution in [2.75, 3.05) is 13.7 Å². The minimum atomic E-state index is -1.12. The van der Waals surface area contributed by atoms with Crippen molar-refractivity contribution >= 4 is 58.2 Å². The van der Waals surface area contributed by atoms with Gasteiger partial charge in [-0.05, 0) is 53.2 Å². The molecule has 7 nitrogen and oxygen atoms in total. The number of carboxylic acids is 1. The average molecular weight is 468 g/mol.